The largest absolute Gasteiger partial charge is 0.481 e. The number of hydrogen-bond donors (Lipinski definition) is 2. The lowest BCUT2D eigenvalue weighted by Crippen LogP contribution is -2.65. The SMILES string of the molecule is COc1cc(C(O)[C@@H]2C[C@H]3C[C@H](OC(C)=O)[C@H](C)[C@H]4CN=C(N2)N34)nc(OC)n1. The summed E-state index contributed by atoms with van der Waals surface area (Å²) in [6, 6.07) is 1.75. The molecule has 0 amide bonds. The van der Waals surface area contributed by atoms with Crippen LogP contribution in [0.25, 0.3) is 0 Å². The van der Waals surface area contributed by atoms with E-state index in [1.807, 2.05) is 0 Å². The molecular formula is C19H27N5O5. The van der Waals surface area contributed by atoms with E-state index in [1.165, 1.54) is 21.1 Å². The molecule has 0 aromatic carbocycles. The minimum absolute atomic E-state index is 0.119. The van der Waals surface area contributed by atoms with Crippen LogP contribution >= 0.6 is 0 Å². The van der Waals surface area contributed by atoms with E-state index in [2.05, 4.69) is 32.1 Å². The zero-order valence-corrected chi connectivity index (χ0v) is 17.0. The maximum absolute atomic E-state index is 11.5. The zero-order chi connectivity index (χ0) is 20.7. The van der Waals surface area contributed by atoms with Crippen LogP contribution in [-0.2, 0) is 9.53 Å². The summed E-state index contributed by atoms with van der Waals surface area (Å²) < 4.78 is 15.9. The van der Waals surface area contributed by atoms with Crippen LogP contribution in [0.2, 0.25) is 0 Å². The molecular weight excluding hydrogens is 378 g/mol. The van der Waals surface area contributed by atoms with E-state index in [1.54, 1.807) is 6.07 Å². The highest BCUT2D eigenvalue weighted by atomic mass is 16.5. The summed E-state index contributed by atoms with van der Waals surface area (Å²) in [7, 11) is 2.97. The molecule has 0 spiro atoms. The molecule has 2 saturated heterocycles. The third-order valence-electron chi connectivity index (χ3n) is 6.06. The van der Waals surface area contributed by atoms with Gasteiger partial charge in [0.2, 0.25) is 5.88 Å². The van der Waals surface area contributed by atoms with Crippen LogP contribution in [0.3, 0.4) is 0 Å². The number of aliphatic imine (C=N–C) groups is 1. The smallest absolute Gasteiger partial charge is 0.319 e. The average molecular weight is 405 g/mol. The zero-order valence-electron chi connectivity index (χ0n) is 17.0. The molecule has 10 nitrogen and oxygen atoms in total. The third-order valence-corrected chi connectivity index (χ3v) is 6.06. The number of rotatable bonds is 5. The first-order chi connectivity index (χ1) is 13.9. The number of esters is 1. The number of nitrogens with zero attached hydrogens (tertiary/aromatic N) is 4. The maximum Gasteiger partial charge on any atom is 0.319 e. The lowest BCUT2D eigenvalue weighted by molar-refractivity contribution is -0.154. The number of piperidine rings is 1. The van der Waals surface area contributed by atoms with Gasteiger partial charge in [0.15, 0.2) is 5.96 Å². The van der Waals surface area contributed by atoms with Gasteiger partial charge in [0.25, 0.3) is 0 Å². The number of aliphatic hydroxyl groups excluding tert-OH is 1. The predicted octanol–water partition coefficient (Wildman–Crippen LogP) is 0.269. The number of hydrogen-bond acceptors (Lipinski definition) is 10. The lowest BCUT2D eigenvalue weighted by Gasteiger charge is -2.50. The van der Waals surface area contributed by atoms with Crippen LogP contribution in [-0.4, -0.2) is 76.9 Å². The first-order valence-electron chi connectivity index (χ1n) is 9.82. The van der Waals surface area contributed by atoms with E-state index in [-0.39, 0.29) is 42.1 Å². The number of ether oxygens (including phenoxy) is 3. The van der Waals surface area contributed by atoms with Gasteiger partial charge in [0, 0.05) is 31.4 Å². The van der Waals surface area contributed by atoms with Gasteiger partial charge < -0.3 is 29.5 Å². The molecule has 1 aromatic rings. The molecule has 3 aliphatic heterocycles. The molecule has 0 bridgehead atoms. The number of aromatic nitrogens is 2. The van der Waals surface area contributed by atoms with Crippen molar-refractivity contribution >= 4 is 11.9 Å². The van der Waals surface area contributed by atoms with Crippen molar-refractivity contribution in [2.24, 2.45) is 10.9 Å². The summed E-state index contributed by atoms with van der Waals surface area (Å²) >= 11 is 0. The highest BCUT2D eigenvalue weighted by Crippen LogP contribution is 2.39. The van der Waals surface area contributed by atoms with Crippen LogP contribution in [0.5, 0.6) is 11.9 Å². The molecule has 2 fully saturated rings. The number of aliphatic hydroxyl groups is 1. The Hall–Kier alpha value is -2.62. The van der Waals surface area contributed by atoms with Crippen molar-refractivity contribution in [1.29, 1.82) is 0 Å². The van der Waals surface area contributed by atoms with Gasteiger partial charge in [-0.25, -0.2) is 0 Å². The van der Waals surface area contributed by atoms with Gasteiger partial charge in [-0.2, -0.15) is 9.97 Å². The summed E-state index contributed by atoms with van der Waals surface area (Å²) in [6.45, 7) is 4.20. The van der Waals surface area contributed by atoms with Gasteiger partial charge in [0.05, 0.1) is 38.5 Å². The van der Waals surface area contributed by atoms with Crippen molar-refractivity contribution in [3.8, 4) is 11.9 Å². The number of nitrogens with one attached hydrogen (secondary N) is 1. The Kier molecular flexibility index (Phi) is 5.20. The monoisotopic (exact) mass is 405 g/mol. The summed E-state index contributed by atoms with van der Waals surface area (Å²) in [5, 5.41) is 14.4. The van der Waals surface area contributed by atoms with E-state index >= 15 is 0 Å². The van der Waals surface area contributed by atoms with Crippen molar-refractivity contribution in [2.75, 3.05) is 20.8 Å². The number of carbonyl (C=O) groups excluding carboxylic acids is 1. The van der Waals surface area contributed by atoms with Crippen LogP contribution < -0.4 is 14.8 Å². The van der Waals surface area contributed by atoms with Gasteiger partial charge in [-0.3, -0.25) is 9.79 Å². The first kappa shape index (κ1) is 19.7. The molecule has 3 aliphatic rings. The van der Waals surface area contributed by atoms with Crippen molar-refractivity contribution in [3.63, 3.8) is 0 Å². The van der Waals surface area contributed by atoms with Crippen LogP contribution in [0.4, 0.5) is 0 Å². The molecule has 4 heterocycles. The Morgan fingerprint density at radius 2 is 2.10 bits per heavy atom. The molecule has 158 valence electrons. The molecule has 4 rings (SSSR count). The van der Waals surface area contributed by atoms with E-state index in [0.29, 0.717) is 31.0 Å². The van der Waals surface area contributed by atoms with Crippen molar-refractivity contribution in [2.45, 2.75) is 57.0 Å². The Morgan fingerprint density at radius 1 is 1.31 bits per heavy atom. The molecule has 29 heavy (non-hydrogen) atoms. The Bertz CT molecular complexity index is 796. The summed E-state index contributed by atoms with van der Waals surface area (Å²) in [5.74, 6) is 1.04. The van der Waals surface area contributed by atoms with Gasteiger partial charge in [-0.05, 0) is 6.42 Å². The topological polar surface area (TPSA) is 118 Å². The molecule has 6 atom stereocenters. The van der Waals surface area contributed by atoms with Gasteiger partial charge in [-0.1, -0.05) is 6.92 Å². The molecule has 0 aliphatic carbocycles. The molecule has 1 aromatic heterocycles. The molecule has 10 heteroatoms. The van der Waals surface area contributed by atoms with Crippen LogP contribution in [0.15, 0.2) is 11.1 Å². The van der Waals surface area contributed by atoms with E-state index < -0.39 is 6.10 Å². The second-order valence-electron chi connectivity index (χ2n) is 7.79. The summed E-state index contributed by atoms with van der Waals surface area (Å²) in [5.41, 5.74) is 0.413. The molecule has 0 saturated carbocycles. The first-order valence-corrected chi connectivity index (χ1v) is 9.82. The number of methoxy groups -OCH3 is 2. The van der Waals surface area contributed by atoms with E-state index in [4.69, 9.17) is 14.2 Å². The van der Waals surface area contributed by atoms with Gasteiger partial charge in [0.1, 0.15) is 12.2 Å². The van der Waals surface area contributed by atoms with E-state index in [0.717, 1.165) is 5.96 Å². The standard InChI is InChI=1S/C19H27N5O5/c1-9-14-8-20-18-21-12(5-11(24(14)18)6-15(9)29-10(2)25)17(26)13-7-16(27-3)23-19(22-13)28-4/h7,9,11-12,14-15,17,26H,5-6,8H2,1-4H3,(H,20,21)/t9-,11+,12+,14-,15+,17?/m1/s1. The predicted molar refractivity (Wildman–Crippen MR) is 103 cm³/mol. The maximum atomic E-state index is 11.5. The van der Waals surface area contributed by atoms with E-state index in [9.17, 15) is 9.90 Å². The van der Waals surface area contributed by atoms with Crippen LogP contribution in [0.1, 0.15) is 38.5 Å². The van der Waals surface area contributed by atoms with Gasteiger partial charge >= 0.3 is 12.0 Å². The highest BCUT2D eigenvalue weighted by Gasteiger charge is 2.50. The van der Waals surface area contributed by atoms with Crippen molar-refractivity contribution in [3.05, 3.63) is 11.8 Å². The minimum Gasteiger partial charge on any atom is -0.481 e. The Morgan fingerprint density at radius 3 is 2.79 bits per heavy atom. The molecule has 1 unspecified atom stereocenters. The molecule has 2 N–H and O–H groups in total. The fourth-order valence-electron chi connectivity index (χ4n) is 4.61. The normalized spacial score (nSPS) is 31.3. The second kappa shape index (κ2) is 7.66. The highest BCUT2D eigenvalue weighted by molar-refractivity contribution is 5.84. The minimum atomic E-state index is -0.906. The molecule has 0 radical (unpaired) electrons. The lowest BCUT2D eigenvalue weighted by atomic mass is 9.81. The van der Waals surface area contributed by atoms with Crippen molar-refractivity contribution < 1.29 is 24.1 Å². The number of carbonyl (C=O) groups is 1. The second-order valence-corrected chi connectivity index (χ2v) is 7.79. The Labute approximate surface area is 169 Å². The fraction of sp³-hybridized carbons (Fsp3) is 0.684. The Balaban J connectivity index is 1.56. The van der Waals surface area contributed by atoms with Gasteiger partial charge in [-0.15, -0.1) is 0 Å². The summed E-state index contributed by atoms with van der Waals surface area (Å²) in [6.07, 6.45) is 0.313. The van der Waals surface area contributed by atoms with Crippen LogP contribution in [0, 0.1) is 5.92 Å². The average Bonchev–Trinajstić information content (AvgIpc) is 3.15. The number of guanidine groups is 1. The third kappa shape index (κ3) is 3.57. The summed E-state index contributed by atoms with van der Waals surface area (Å²) in [4.78, 5) is 26.8. The fourth-order valence-corrected chi connectivity index (χ4v) is 4.61. The quantitative estimate of drug-likeness (QED) is 0.665. The van der Waals surface area contributed by atoms with Crippen molar-refractivity contribution in [1.82, 2.24) is 20.2 Å².